The molecule has 0 aliphatic carbocycles. The molecular weight excluding hydrogens is 324 g/mol. The molecule has 0 aliphatic rings. The van der Waals surface area contributed by atoms with Crippen LogP contribution in [0.1, 0.15) is 18.4 Å². The van der Waals surface area contributed by atoms with Crippen LogP contribution in [0.15, 0.2) is 21.1 Å². The molecule has 19 heavy (non-hydrogen) atoms. The van der Waals surface area contributed by atoms with Gasteiger partial charge in [0.05, 0.1) is 4.47 Å². The third kappa shape index (κ3) is 2.80. The molecule has 0 aliphatic heterocycles. The molecule has 1 aromatic heterocycles. The predicted molar refractivity (Wildman–Crippen MR) is 66.0 cm³/mol. The van der Waals surface area contributed by atoms with E-state index in [1.54, 1.807) is 0 Å². The van der Waals surface area contributed by atoms with Crippen molar-refractivity contribution in [3.8, 4) is 11.4 Å². The maximum atomic E-state index is 13.4. The van der Waals surface area contributed by atoms with Gasteiger partial charge >= 0.3 is 0 Å². The summed E-state index contributed by atoms with van der Waals surface area (Å²) < 4.78 is 31.1. The molecule has 2 rings (SSSR count). The first kappa shape index (κ1) is 14.0. The molecule has 0 amide bonds. The van der Waals surface area contributed by atoms with Gasteiger partial charge < -0.3 is 15.4 Å². The second kappa shape index (κ2) is 5.72. The average Bonchev–Trinajstić information content (AvgIpc) is 2.86. The second-order valence-electron chi connectivity index (χ2n) is 3.77. The number of aliphatic hydroxyl groups excluding tert-OH is 1. The fraction of sp³-hybridized carbons (Fsp3) is 0.273. The van der Waals surface area contributed by atoms with Crippen molar-refractivity contribution in [1.29, 1.82) is 0 Å². The molecule has 0 bridgehead atoms. The Bertz CT molecular complexity index is 591. The Hall–Kier alpha value is -1.38. The molecule has 0 saturated heterocycles. The number of nitrogens with two attached hydrogens (primary N) is 1. The fourth-order valence-corrected chi connectivity index (χ4v) is 1.96. The van der Waals surface area contributed by atoms with Gasteiger partial charge in [-0.25, -0.2) is 8.78 Å². The Morgan fingerprint density at radius 1 is 1.42 bits per heavy atom. The zero-order chi connectivity index (χ0) is 14.0. The van der Waals surface area contributed by atoms with Gasteiger partial charge in [-0.3, -0.25) is 0 Å². The third-order valence-corrected chi connectivity index (χ3v) is 3.22. The molecule has 5 nitrogen and oxygen atoms in total. The van der Waals surface area contributed by atoms with Crippen molar-refractivity contribution in [2.24, 2.45) is 5.73 Å². The van der Waals surface area contributed by atoms with Gasteiger partial charge in [-0.1, -0.05) is 5.16 Å². The van der Waals surface area contributed by atoms with E-state index < -0.39 is 17.7 Å². The monoisotopic (exact) mass is 333 g/mol. The third-order valence-electron chi connectivity index (χ3n) is 2.44. The van der Waals surface area contributed by atoms with Crippen LogP contribution in [0.3, 0.4) is 0 Å². The number of benzene rings is 1. The highest BCUT2D eigenvalue weighted by atomic mass is 79.9. The molecule has 0 saturated carbocycles. The molecular formula is C11H10BrF2N3O2. The Kier molecular flexibility index (Phi) is 4.23. The lowest BCUT2D eigenvalue weighted by atomic mass is 10.2. The van der Waals surface area contributed by atoms with E-state index in [1.165, 1.54) is 6.07 Å². The van der Waals surface area contributed by atoms with Gasteiger partial charge in [0, 0.05) is 5.56 Å². The minimum absolute atomic E-state index is 0.0166. The highest BCUT2D eigenvalue weighted by Crippen LogP contribution is 2.30. The quantitative estimate of drug-likeness (QED) is 0.837. The van der Waals surface area contributed by atoms with Crippen LogP contribution in [-0.2, 0) is 0 Å². The maximum absolute atomic E-state index is 13.4. The number of halogens is 3. The molecule has 8 heteroatoms. The number of aromatic nitrogens is 2. The van der Waals surface area contributed by atoms with E-state index in [0.29, 0.717) is 0 Å². The van der Waals surface area contributed by atoms with E-state index in [2.05, 4.69) is 26.1 Å². The Labute approximate surface area is 115 Å². The van der Waals surface area contributed by atoms with E-state index in [1.807, 2.05) is 0 Å². The summed E-state index contributed by atoms with van der Waals surface area (Å²) in [5.74, 6) is -1.98. The summed E-state index contributed by atoms with van der Waals surface area (Å²) in [4.78, 5) is 3.93. The SMILES string of the molecule is NCCC(O)c1nc(-c2ccc(F)c(F)c2Br)no1. The summed E-state index contributed by atoms with van der Waals surface area (Å²) in [7, 11) is 0. The Balaban J connectivity index is 2.36. The van der Waals surface area contributed by atoms with Crippen LogP contribution in [0, 0.1) is 11.6 Å². The average molecular weight is 334 g/mol. The molecule has 0 radical (unpaired) electrons. The zero-order valence-corrected chi connectivity index (χ0v) is 11.2. The molecule has 0 fully saturated rings. The van der Waals surface area contributed by atoms with Gasteiger partial charge in [0.15, 0.2) is 11.6 Å². The lowest BCUT2D eigenvalue weighted by molar-refractivity contribution is 0.127. The highest BCUT2D eigenvalue weighted by Gasteiger charge is 2.20. The summed E-state index contributed by atoms with van der Waals surface area (Å²) in [5, 5.41) is 13.2. The molecule has 1 aromatic carbocycles. The lowest BCUT2D eigenvalue weighted by Crippen LogP contribution is -2.06. The van der Waals surface area contributed by atoms with Crippen molar-refractivity contribution in [3.63, 3.8) is 0 Å². The standard InChI is InChI=1S/C11H10BrF2N3O2/c12-8-5(1-2-6(13)9(8)14)10-16-11(19-17-10)7(18)3-4-15/h1-2,7,18H,3-4,15H2. The minimum Gasteiger partial charge on any atom is -0.383 e. The number of nitrogens with zero attached hydrogens (tertiary/aromatic N) is 2. The summed E-state index contributed by atoms with van der Waals surface area (Å²) in [6, 6.07) is 2.27. The first-order valence-electron chi connectivity index (χ1n) is 5.40. The van der Waals surface area contributed by atoms with E-state index in [4.69, 9.17) is 10.3 Å². The summed E-state index contributed by atoms with van der Waals surface area (Å²) in [6.07, 6.45) is -0.712. The second-order valence-corrected chi connectivity index (χ2v) is 4.57. The topological polar surface area (TPSA) is 85.2 Å². The molecule has 102 valence electrons. The Morgan fingerprint density at radius 3 is 2.84 bits per heavy atom. The first-order chi connectivity index (χ1) is 9.04. The van der Waals surface area contributed by atoms with Crippen LogP contribution in [0.5, 0.6) is 0 Å². The van der Waals surface area contributed by atoms with E-state index in [0.717, 1.165) is 6.07 Å². The Morgan fingerprint density at radius 2 is 2.16 bits per heavy atom. The van der Waals surface area contributed by atoms with Gasteiger partial charge in [0.1, 0.15) is 6.10 Å². The molecule has 1 atom stereocenters. The van der Waals surface area contributed by atoms with E-state index in [9.17, 15) is 13.9 Å². The van der Waals surface area contributed by atoms with Crippen LogP contribution >= 0.6 is 15.9 Å². The number of hydrogen-bond acceptors (Lipinski definition) is 5. The van der Waals surface area contributed by atoms with Crippen LogP contribution in [-0.4, -0.2) is 21.8 Å². The van der Waals surface area contributed by atoms with Crippen LogP contribution in [0.25, 0.3) is 11.4 Å². The van der Waals surface area contributed by atoms with Crippen molar-refractivity contribution in [2.75, 3.05) is 6.54 Å². The highest BCUT2D eigenvalue weighted by molar-refractivity contribution is 9.10. The number of hydrogen-bond donors (Lipinski definition) is 2. The van der Waals surface area contributed by atoms with Crippen molar-refractivity contribution < 1.29 is 18.4 Å². The van der Waals surface area contributed by atoms with Gasteiger partial charge in [0.25, 0.3) is 5.89 Å². The number of rotatable bonds is 4. The summed E-state index contributed by atoms with van der Waals surface area (Å²) in [5.41, 5.74) is 5.53. The summed E-state index contributed by atoms with van der Waals surface area (Å²) in [6.45, 7) is 0.258. The van der Waals surface area contributed by atoms with Crippen molar-refractivity contribution in [3.05, 3.63) is 34.1 Å². The molecule has 1 unspecified atom stereocenters. The molecule has 2 aromatic rings. The molecule has 3 N–H and O–H groups in total. The van der Waals surface area contributed by atoms with Gasteiger partial charge in [-0.15, -0.1) is 0 Å². The van der Waals surface area contributed by atoms with E-state index in [-0.39, 0.29) is 34.7 Å². The largest absolute Gasteiger partial charge is 0.383 e. The van der Waals surface area contributed by atoms with Crippen LogP contribution in [0.2, 0.25) is 0 Å². The number of aliphatic hydroxyl groups is 1. The van der Waals surface area contributed by atoms with Gasteiger partial charge in [-0.05, 0) is 41.0 Å². The molecule has 1 heterocycles. The predicted octanol–water partition coefficient (Wildman–Crippen LogP) is 2.16. The van der Waals surface area contributed by atoms with E-state index >= 15 is 0 Å². The van der Waals surface area contributed by atoms with Crippen molar-refractivity contribution in [1.82, 2.24) is 10.1 Å². The minimum atomic E-state index is -1.04. The fourth-order valence-electron chi connectivity index (χ4n) is 1.46. The lowest BCUT2D eigenvalue weighted by Gasteiger charge is -2.02. The van der Waals surface area contributed by atoms with Gasteiger partial charge in [-0.2, -0.15) is 4.98 Å². The first-order valence-corrected chi connectivity index (χ1v) is 6.19. The van der Waals surface area contributed by atoms with Crippen LogP contribution in [0.4, 0.5) is 8.78 Å². The smallest absolute Gasteiger partial charge is 0.255 e. The van der Waals surface area contributed by atoms with Crippen molar-refractivity contribution in [2.45, 2.75) is 12.5 Å². The van der Waals surface area contributed by atoms with Gasteiger partial charge in [0.2, 0.25) is 5.82 Å². The van der Waals surface area contributed by atoms with Crippen LogP contribution < -0.4 is 5.73 Å². The molecule has 0 spiro atoms. The zero-order valence-electron chi connectivity index (χ0n) is 9.61. The summed E-state index contributed by atoms with van der Waals surface area (Å²) >= 11 is 2.93. The van der Waals surface area contributed by atoms with Crippen molar-refractivity contribution >= 4 is 15.9 Å². The normalized spacial score (nSPS) is 12.7. The maximum Gasteiger partial charge on any atom is 0.255 e.